The average molecular weight is 340 g/mol. The van der Waals surface area contributed by atoms with E-state index in [0.29, 0.717) is 0 Å². The van der Waals surface area contributed by atoms with Crippen LogP contribution in [0, 0.1) is 13.5 Å². The summed E-state index contributed by atoms with van der Waals surface area (Å²) in [7, 11) is 0. The Hall–Kier alpha value is -1.10. The number of hydrogen-bond acceptors (Lipinski definition) is 2. The summed E-state index contributed by atoms with van der Waals surface area (Å²) < 4.78 is 0. The first kappa shape index (κ1) is 19.2. The molecule has 1 atom stereocenters. The summed E-state index contributed by atoms with van der Waals surface area (Å²) in [5.74, 6) is 0. The van der Waals surface area contributed by atoms with E-state index < -0.39 is 0 Å². The van der Waals surface area contributed by atoms with E-state index in [1.54, 1.807) is 0 Å². The first-order valence-electron chi connectivity index (χ1n) is 7.55. The van der Waals surface area contributed by atoms with E-state index >= 15 is 0 Å². The molecule has 24 heavy (non-hydrogen) atoms. The third kappa shape index (κ3) is 3.32. The molecular formula is C21H20KN2-. The van der Waals surface area contributed by atoms with E-state index in [-0.39, 0.29) is 65.0 Å². The molecule has 0 bridgehead atoms. The van der Waals surface area contributed by atoms with Gasteiger partial charge >= 0.3 is 51.4 Å². The van der Waals surface area contributed by atoms with Gasteiger partial charge in [0.05, 0.1) is 11.4 Å². The van der Waals surface area contributed by atoms with Gasteiger partial charge in [0.15, 0.2) is 0 Å². The smallest absolute Gasteiger partial charge is 0.358 e. The normalized spacial score (nSPS) is 15.3. The van der Waals surface area contributed by atoms with Crippen LogP contribution in [0.1, 0.15) is 6.92 Å². The molecule has 0 spiro atoms. The zero-order chi connectivity index (χ0) is 14.9. The maximum absolute atomic E-state index is 3.35. The maximum atomic E-state index is 3.35. The van der Waals surface area contributed by atoms with Gasteiger partial charge in [-0.05, 0) is 31.2 Å². The van der Waals surface area contributed by atoms with Crippen molar-refractivity contribution in [3.05, 3.63) is 92.4 Å². The van der Waals surface area contributed by atoms with E-state index in [4.69, 9.17) is 0 Å². The SMILES string of the molecule is C[C@@H]1N(c2[c-]cccc2)c2ccccc2N1c1ccccc1.[CH3-].[K+]. The number of anilines is 4. The largest absolute Gasteiger partial charge is 1.00 e. The van der Waals surface area contributed by atoms with Gasteiger partial charge in [-0.1, -0.05) is 36.0 Å². The van der Waals surface area contributed by atoms with Crippen LogP contribution in [0.5, 0.6) is 0 Å². The minimum absolute atomic E-state index is 0. The van der Waals surface area contributed by atoms with Crippen molar-refractivity contribution in [2.75, 3.05) is 9.80 Å². The molecule has 2 nitrogen and oxygen atoms in total. The van der Waals surface area contributed by atoms with Gasteiger partial charge in [0, 0.05) is 5.69 Å². The van der Waals surface area contributed by atoms with Crippen molar-refractivity contribution in [2.45, 2.75) is 13.1 Å². The van der Waals surface area contributed by atoms with E-state index in [2.05, 4.69) is 89.5 Å². The zero-order valence-corrected chi connectivity index (χ0v) is 17.6. The fourth-order valence-corrected chi connectivity index (χ4v) is 3.20. The van der Waals surface area contributed by atoms with Gasteiger partial charge in [-0.25, -0.2) is 0 Å². The number of fused-ring (bicyclic) bond motifs is 1. The Balaban J connectivity index is 0.00000104. The van der Waals surface area contributed by atoms with Crippen molar-refractivity contribution in [1.82, 2.24) is 0 Å². The molecule has 1 aliphatic heterocycles. The second-order valence-corrected chi connectivity index (χ2v) is 5.44. The van der Waals surface area contributed by atoms with Crippen LogP contribution >= 0.6 is 0 Å². The van der Waals surface area contributed by atoms with Gasteiger partial charge in [0.2, 0.25) is 0 Å². The molecule has 0 aliphatic carbocycles. The van der Waals surface area contributed by atoms with Crippen molar-refractivity contribution in [1.29, 1.82) is 0 Å². The molecular weight excluding hydrogens is 319 g/mol. The molecule has 0 radical (unpaired) electrons. The minimum Gasteiger partial charge on any atom is -0.358 e. The van der Waals surface area contributed by atoms with Crippen LogP contribution in [0.15, 0.2) is 78.9 Å². The summed E-state index contributed by atoms with van der Waals surface area (Å²) in [6, 6.07) is 30.6. The molecule has 1 aliphatic rings. The second kappa shape index (κ2) is 8.32. The fourth-order valence-electron chi connectivity index (χ4n) is 3.20. The molecule has 0 amide bonds. The standard InChI is InChI=1S/C20H17N2.CH3.K/c1-16-21(17-10-4-2-5-11-17)19-14-8-9-15-20(19)22(16)18-12-6-3-7-13-18;;/h2-12,14-16H,1H3;1H3;/q2*-1;+1/t16-;;/m0../s1. The first-order chi connectivity index (χ1) is 10.9. The molecule has 0 aromatic heterocycles. The minimum atomic E-state index is 0. The summed E-state index contributed by atoms with van der Waals surface area (Å²) in [4.78, 5) is 4.71. The average Bonchev–Trinajstić information content (AvgIpc) is 2.88. The molecule has 0 saturated carbocycles. The summed E-state index contributed by atoms with van der Waals surface area (Å²) in [6.07, 6.45) is 0.207. The monoisotopic (exact) mass is 339 g/mol. The predicted molar refractivity (Wildman–Crippen MR) is 98.3 cm³/mol. The maximum Gasteiger partial charge on any atom is 1.00 e. The third-order valence-corrected chi connectivity index (χ3v) is 4.13. The fraction of sp³-hybridized carbons (Fsp3) is 0.0952. The van der Waals surface area contributed by atoms with Crippen LogP contribution < -0.4 is 61.2 Å². The summed E-state index contributed by atoms with van der Waals surface area (Å²) >= 11 is 0. The Morgan fingerprint density at radius 2 is 1.33 bits per heavy atom. The Kier molecular flexibility index (Phi) is 6.67. The number of benzene rings is 3. The molecule has 0 fully saturated rings. The van der Waals surface area contributed by atoms with Gasteiger partial charge in [-0.3, -0.25) is 0 Å². The van der Waals surface area contributed by atoms with E-state index in [1.807, 2.05) is 12.1 Å². The molecule has 1 heterocycles. The van der Waals surface area contributed by atoms with Crippen molar-refractivity contribution < 1.29 is 51.4 Å². The number of nitrogens with zero attached hydrogens (tertiary/aromatic N) is 2. The van der Waals surface area contributed by atoms with Crippen molar-refractivity contribution in [3.8, 4) is 0 Å². The summed E-state index contributed by atoms with van der Waals surface area (Å²) in [6.45, 7) is 2.23. The first-order valence-corrected chi connectivity index (χ1v) is 7.55. The van der Waals surface area contributed by atoms with E-state index in [9.17, 15) is 0 Å². The molecule has 0 saturated heterocycles. The Bertz CT molecular complexity index is 708. The second-order valence-electron chi connectivity index (χ2n) is 5.44. The van der Waals surface area contributed by atoms with E-state index in [1.165, 1.54) is 17.1 Å². The topological polar surface area (TPSA) is 6.48 Å². The third-order valence-electron chi connectivity index (χ3n) is 4.13. The van der Waals surface area contributed by atoms with Crippen LogP contribution in [-0.4, -0.2) is 6.17 Å². The molecule has 3 aromatic rings. The zero-order valence-electron chi connectivity index (χ0n) is 14.5. The van der Waals surface area contributed by atoms with Gasteiger partial charge in [0.25, 0.3) is 0 Å². The molecule has 0 N–H and O–H groups in total. The summed E-state index contributed by atoms with van der Waals surface area (Å²) in [5.41, 5.74) is 4.77. The Morgan fingerprint density at radius 1 is 0.750 bits per heavy atom. The van der Waals surface area contributed by atoms with Crippen LogP contribution in [0.25, 0.3) is 0 Å². The molecule has 3 aromatic carbocycles. The van der Waals surface area contributed by atoms with Crippen LogP contribution in [0.3, 0.4) is 0 Å². The van der Waals surface area contributed by atoms with Crippen molar-refractivity contribution in [3.63, 3.8) is 0 Å². The number of rotatable bonds is 2. The van der Waals surface area contributed by atoms with Crippen molar-refractivity contribution >= 4 is 22.7 Å². The van der Waals surface area contributed by atoms with Crippen LogP contribution in [0.2, 0.25) is 0 Å². The Labute approximate surface area is 187 Å². The van der Waals surface area contributed by atoms with Gasteiger partial charge < -0.3 is 17.2 Å². The molecule has 4 rings (SSSR count). The van der Waals surface area contributed by atoms with E-state index in [0.717, 1.165) is 5.69 Å². The van der Waals surface area contributed by atoms with Gasteiger partial charge in [-0.15, -0.1) is 6.07 Å². The van der Waals surface area contributed by atoms with Crippen LogP contribution in [0.4, 0.5) is 22.7 Å². The Morgan fingerprint density at radius 3 is 1.96 bits per heavy atom. The molecule has 0 unspecified atom stereocenters. The molecule has 116 valence electrons. The van der Waals surface area contributed by atoms with Crippen LogP contribution in [-0.2, 0) is 0 Å². The predicted octanol–water partition coefficient (Wildman–Crippen LogP) is 2.58. The number of para-hydroxylation sites is 4. The quantitative estimate of drug-likeness (QED) is 0.523. The van der Waals surface area contributed by atoms with Gasteiger partial charge in [-0.2, -0.15) is 24.3 Å². The molecule has 3 heteroatoms. The summed E-state index contributed by atoms with van der Waals surface area (Å²) in [5, 5.41) is 0. The number of hydrogen-bond donors (Lipinski definition) is 0. The van der Waals surface area contributed by atoms with Gasteiger partial charge in [0.1, 0.15) is 6.17 Å². The van der Waals surface area contributed by atoms with Crippen molar-refractivity contribution in [2.24, 2.45) is 0 Å².